The van der Waals surface area contributed by atoms with Crippen molar-refractivity contribution in [3.8, 4) is 22.5 Å². The molecule has 0 unspecified atom stereocenters. The molecule has 3 nitrogen and oxygen atoms in total. The number of ether oxygens (including phenoxy) is 1. The summed E-state index contributed by atoms with van der Waals surface area (Å²) in [5.74, 6) is -2.33. The minimum Gasteiger partial charge on any atom is -0.462 e. The molecule has 26 heavy (non-hydrogen) atoms. The van der Waals surface area contributed by atoms with Crippen LogP contribution in [0.3, 0.4) is 0 Å². The van der Waals surface area contributed by atoms with Gasteiger partial charge in [0.2, 0.25) is 0 Å². The van der Waals surface area contributed by atoms with Crippen LogP contribution in [0.2, 0.25) is 0 Å². The number of carbonyl (C=O) groups is 1. The van der Waals surface area contributed by atoms with Crippen molar-refractivity contribution in [2.45, 2.75) is 11.8 Å². The van der Waals surface area contributed by atoms with Crippen molar-refractivity contribution in [1.82, 2.24) is 4.98 Å². The van der Waals surface area contributed by atoms with Gasteiger partial charge in [0.1, 0.15) is 0 Å². The third kappa shape index (κ3) is 3.65. The molecular formula is C20H17F2NO2S. The molecule has 0 radical (unpaired) electrons. The molecule has 0 bridgehead atoms. The Balaban J connectivity index is 2.10. The number of nitrogens with one attached hydrogen (secondary N) is 1. The van der Waals surface area contributed by atoms with E-state index in [0.717, 1.165) is 22.6 Å². The smallest absolute Gasteiger partial charge is 0.340 e. The highest BCUT2D eigenvalue weighted by Crippen LogP contribution is 2.31. The molecule has 6 heteroatoms. The van der Waals surface area contributed by atoms with Crippen LogP contribution in [-0.4, -0.2) is 23.8 Å². The van der Waals surface area contributed by atoms with Crippen molar-refractivity contribution >= 4 is 17.7 Å². The van der Waals surface area contributed by atoms with E-state index in [1.54, 1.807) is 24.8 Å². The summed E-state index contributed by atoms with van der Waals surface area (Å²) in [7, 11) is 0. The summed E-state index contributed by atoms with van der Waals surface area (Å²) < 4.78 is 31.9. The average Bonchev–Trinajstić information content (AvgIpc) is 3.10. The molecule has 134 valence electrons. The van der Waals surface area contributed by atoms with Crippen molar-refractivity contribution < 1.29 is 18.3 Å². The summed E-state index contributed by atoms with van der Waals surface area (Å²) in [5, 5.41) is 0. The van der Waals surface area contributed by atoms with Crippen LogP contribution in [0, 0.1) is 11.6 Å². The Hall–Kier alpha value is -2.60. The fourth-order valence-corrected chi connectivity index (χ4v) is 3.04. The monoisotopic (exact) mass is 373 g/mol. The predicted octanol–water partition coefficient (Wildman–Crippen LogP) is 5.53. The van der Waals surface area contributed by atoms with Gasteiger partial charge >= 0.3 is 5.97 Å². The molecule has 0 saturated carbocycles. The van der Waals surface area contributed by atoms with E-state index in [1.165, 1.54) is 6.07 Å². The van der Waals surface area contributed by atoms with Crippen molar-refractivity contribution in [3.05, 3.63) is 65.7 Å². The van der Waals surface area contributed by atoms with Crippen molar-refractivity contribution in [3.63, 3.8) is 0 Å². The van der Waals surface area contributed by atoms with Gasteiger partial charge in [0.25, 0.3) is 0 Å². The van der Waals surface area contributed by atoms with Gasteiger partial charge in [-0.05, 0) is 55.1 Å². The number of halogens is 2. The van der Waals surface area contributed by atoms with Crippen LogP contribution in [0.25, 0.3) is 22.5 Å². The second-order valence-corrected chi connectivity index (χ2v) is 6.43. The highest BCUT2D eigenvalue weighted by Gasteiger charge is 2.19. The van der Waals surface area contributed by atoms with Crippen molar-refractivity contribution in [1.29, 1.82) is 0 Å². The minimum absolute atomic E-state index is 0.245. The van der Waals surface area contributed by atoms with Crippen molar-refractivity contribution in [2.24, 2.45) is 0 Å². The Morgan fingerprint density at radius 3 is 2.35 bits per heavy atom. The van der Waals surface area contributed by atoms with Gasteiger partial charge in [0.15, 0.2) is 11.6 Å². The molecule has 2 aromatic carbocycles. The number of hydrogen-bond acceptors (Lipinski definition) is 3. The fraction of sp³-hybridized carbons (Fsp3) is 0.150. The molecule has 0 spiro atoms. The zero-order valence-corrected chi connectivity index (χ0v) is 15.1. The largest absolute Gasteiger partial charge is 0.462 e. The van der Waals surface area contributed by atoms with Crippen LogP contribution in [0.1, 0.15) is 17.3 Å². The average molecular weight is 373 g/mol. The van der Waals surface area contributed by atoms with Gasteiger partial charge in [-0.15, -0.1) is 11.8 Å². The third-order valence-corrected chi connectivity index (χ3v) is 4.67. The molecule has 0 aliphatic heterocycles. The summed E-state index contributed by atoms with van der Waals surface area (Å²) in [6, 6.07) is 12.9. The molecule has 3 rings (SSSR count). The van der Waals surface area contributed by atoms with Crippen molar-refractivity contribution in [2.75, 3.05) is 12.9 Å². The highest BCUT2D eigenvalue weighted by atomic mass is 32.2. The zero-order chi connectivity index (χ0) is 18.7. The Morgan fingerprint density at radius 2 is 1.73 bits per heavy atom. The number of H-pyrrole nitrogens is 1. The quantitative estimate of drug-likeness (QED) is 0.473. The number of thioether (sulfide) groups is 1. The third-order valence-electron chi connectivity index (χ3n) is 3.92. The maximum Gasteiger partial charge on any atom is 0.340 e. The second kappa shape index (κ2) is 7.74. The number of rotatable bonds is 5. The Bertz CT molecular complexity index is 935. The fourth-order valence-electron chi connectivity index (χ4n) is 2.63. The lowest BCUT2D eigenvalue weighted by Gasteiger charge is -2.05. The molecular weight excluding hydrogens is 356 g/mol. The number of carbonyl (C=O) groups excluding carboxylic acids is 1. The topological polar surface area (TPSA) is 42.1 Å². The Kier molecular flexibility index (Phi) is 5.42. The maximum atomic E-state index is 13.6. The van der Waals surface area contributed by atoms with Gasteiger partial charge in [-0.2, -0.15) is 0 Å². The molecule has 0 aliphatic rings. The van der Waals surface area contributed by atoms with E-state index in [-0.39, 0.29) is 6.61 Å². The normalized spacial score (nSPS) is 10.8. The van der Waals surface area contributed by atoms with E-state index in [0.29, 0.717) is 22.5 Å². The Labute approximate surface area is 154 Å². The molecule has 0 aliphatic carbocycles. The first-order valence-corrected chi connectivity index (χ1v) is 9.26. The second-order valence-electron chi connectivity index (χ2n) is 5.55. The summed E-state index contributed by atoms with van der Waals surface area (Å²) in [6.45, 7) is 1.98. The molecule has 1 heterocycles. The highest BCUT2D eigenvalue weighted by molar-refractivity contribution is 7.98. The minimum atomic E-state index is -0.944. The van der Waals surface area contributed by atoms with Crippen LogP contribution in [-0.2, 0) is 4.74 Å². The van der Waals surface area contributed by atoms with Crippen LogP contribution < -0.4 is 0 Å². The van der Waals surface area contributed by atoms with Crippen LogP contribution in [0.4, 0.5) is 8.78 Å². The lowest BCUT2D eigenvalue weighted by Crippen LogP contribution is -2.04. The number of aromatic nitrogens is 1. The van der Waals surface area contributed by atoms with E-state index in [9.17, 15) is 13.6 Å². The maximum absolute atomic E-state index is 13.6. The number of benzene rings is 2. The van der Waals surface area contributed by atoms with Gasteiger partial charge in [-0.25, -0.2) is 13.6 Å². The Morgan fingerprint density at radius 1 is 1.04 bits per heavy atom. The van der Waals surface area contributed by atoms with Gasteiger partial charge in [-0.1, -0.05) is 12.1 Å². The predicted molar refractivity (Wildman–Crippen MR) is 99.3 cm³/mol. The summed E-state index contributed by atoms with van der Waals surface area (Å²) in [4.78, 5) is 16.6. The van der Waals surface area contributed by atoms with Gasteiger partial charge < -0.3 is 9.72 Å². The first-order chi connectivity index (χ1) is 12.5. The summed E-state index contributed by atoms with van der Waals surface area (Å²) >= 11 is 1.62. The zero-order valence-electron chi connectivity index (χ0n) is 14.3. The number of hydrogen-bond donors (Lipinski definition) is 1. The van der Waals surface area contributed by atoms with E-state index >= 15 is 0 Å². The van der Waals surface area contributed by atoms with Crippen LogP contribution in [0.5, 0.6) is 0 Å². The van der Waals surface area contributed by atoms with Gasteiger partial charge in [0, 0.05) is 16.2 Å². The molecule has 3 aromatic rings. The molecule has 0 saturated heterocycles. The lowest BCUT2D eigenvalue weighted by molar-refractivity contribution is 0.0527. The SMILES string of the molecule is CCOC(=O)c1cc(-c2ccc(F)c(F)c2)[nH]c1-c1ccc(SC)cc1. The number of aromatic amines is 1. The van der Waals surface area contributed by atoms with E-state index < -0.39 is 17.6 Å². The number of esters is 1. The van der Waals surface area contributed by atoms with Crippen LogP contribution in [0.15, 0.2) is 53.4 Å². The van der Waals surface area contributed by atoms with Crippen LogP contribution >= 0.6 is 11.8 Å². The lowest BCUT2D eigenvalue weighted by atomic mass is 10.1. The van der Waals surface area contributed by atoms with Gasteiger partial charge in [0.05, 0.1) is 17.9 Å². The summed E-state index contributed by atoms with van der Waals surface area (Å²) in [6.07, 6.45) is 1.98. The molecule has 0 amide bonds. The van der Waals surface area contributed by atoms with E-state index in [1.807, 2.05) is 30.5 Å². The summed E-state index contributed by atoms with van der Waals surface area (Å²) in [5.41, 5.74) is 2.69. The molecule has 1 N–H and O–H groups in total. The standard InChI is InChI=1S/C20H17F2NO2S/c1-3-25-20(24)15-11-18(13-6-9-16(21)17(22)10-13)23-19(15)12-4-7-14(26-2)8-5-12/h4-11,23H,3H2,1-2H3. The first-order valence-electron chi connectivity index (χ1n) is 8.03. The van der Waals surface area contributed by atoms with E-state index in [2.05, 4.69) is 4.98 Å². The molecule has 1 aromatic heterocycles. The molecule has 0 fully saturated rings. The first kappa shape index (κ1) is 18.2. The van der Waals surface area contributed by atoms with E-state index in [4.69, 9.17) is 4.74 Å². The molecule has 0 atom stereocenters. The van der Waals surface area contributed by atoms with Gasteiger partial charge in [-0.3, -0.25) is 0 Å².